The number of carbonyl (C=O) groups excluding carboxylic acids is 1. The number of rotatable bonds is 4. The van der Waals surface area contributed by atoms with E-state index in [1.54, 1.807) is 23.1 Å². The molecule has 1 aliphatic heterocycles. The number of carbonyl (C=O) groups is 1. The molecule has 1 aromatic rings. The first-order valence-corrected chi connectivity index (χ1v) is 6.93. The lowest BCUT2D eigenvalue weighted by Crippen LogP contribution is -2.40. The van der Waals surface area contributed by atoms with Gasteiger partial charge in [0.05, 0.1) is 10.5 Å². The number of piperidine rings is 1. The van der Waals surface area contributed by atoms with Crippen LogP contribution in [0, 0.1) is 16.0 Å². The second-order valence-electron chi connectivity index (χ2n) is 5.12. The Hall–Kier alpha value is -2.21. The zero-order chi connectivity index (χ0) is 15.2. The standard InChI is InChI=1S/C15H18N2O4/c18-11-12-4-3-9-16(10-12)15(19)8-7-13-5-1-2-6-14(13)17(20)21/h1-2,5-8,12,18H,3-4,9-11H2/b8-7+. The summed E-state index contributed by atoms with van der Waals surface area (Å²) in [5.41, 5.74) is 0.389. The van der Waals surface area contributed by atoms with Crippen molar-refractivity contribution >= 4 is 17.7 Å². The smallest absolute Gasteiger partial charge is 0.276 e. The minimum atomic E-state index is -0.465. The van der Waals surface area contributed by atoms with Crippen LogP contribution in [0.2, 0.25) is 0 Å². The lowest BCUT2D eigenvalue weighted by Gasteiger charge is -2.31. The number of nitrogens with zero attached hydrogens (tertiary/aromatic N) is 2. The van der Waals surface area contributed by atoms with Crippen LogP contribution in [0.4, 0.5) is 5.69 Å². The van der Waals surface area contributed by atoms with Gasteiger partial charge in [-0.25, -0.2) is 0 Å². The molecule has 1 atom stereocenters. The molecule has 6 heteroatoms. The lowest BCUT2D eigenvalue weighted by molar-refractivity contribution is -0.385. The largest absolute Gasteiger partial charge is 0.396 e. The van der Waals surface area contributed by atoms with Crippen molar-refractivity contribution in [3.05, 3.63) is 46.0 Å². The van der Waals surface area contributed by atoms with Gasteiger partial charge >= 0.3 is 0 Å². The molecule has 0 spiro atoms. The molecule has 1 aromatic carbocycles. The maximum Gasteiger partial charge on any atom is 0.276 e. The van der Waals surface area contributed by atoms with Crippen LogP contribution in [0.15, 0.2) is 30.3 Å². The van der Waals surface area contributed by atoms with Crippen LogP contribution in [0.1, 0.15) is 18.4 Å². The topological polar surface area (TPSA) is 83.7 Å². The van der Waals surface area contributed by atoms with Crippen molar-refractivity contribution in [1.82, 2.24) is 4.90 Å². The lowest BCUT2D eigenvalue weighted by atomic mass is 9.99. The van der Waals surface area contributed by atoms with Gasteiger partial charge in [0.1, 0.15) is 0 Å². The summed E-state index contributed by atoms with van der Waals surface area (Å²) in [7, 11) is 0. The van der Waals surface area contributed by atoms with Gasteiger partial charge in [0.2, 0.25) is 5.91 Å². The molecule has 1 fully saturated rings. The molecular formula is C15H18N2O4. The van der Waals surface area contributed by atoms with Gasteiger partial charge in [-0.05, 0) is 30.9 Å². The molecule has 6 nitrogen and oxygen atoms in total. The minimum absolute atomic E-state index is 0.0200. The summed E-state index contributed by atoms with van der Waals surface area (Å²) >= 11 is 0. The van der Waals surface area contributed by atoms with Crippen LogP contribution in [-0.4, -0.2) is 40.5 Å². The third-order valence-electron chi connectivity index (χ3n) is 3.63. The average Bonchev–Trinajstić information content (AvgIpc) is 2.52. The normalized spacial score (nSPS) is 18.9. The van der Waals surface area contributed by atoms with Crippen molar-refractivity contribution in [2.75, 3.05) is 19.7 Å². The Bertz CT molecular complexity index is 556. The highest BCUT2D eigenvalue weighted by atomic mass is 16.6. The van der Waals surface area contributed by atoms with Crippen LogP contribution in [0.3, 0.4) is 0 Å². The number of nitro groups is 1. The first kappa shape index (κ1) is 15.2. The van der Waals surface area contributed by atoms with E-state index < -0.39 is 4.92 Å². The van der Waals surface area contributed by atoms with Crippen molar-refractivity contribution in [1.29, 1.82) is 0 Å². The van der Waals surface area contributed by atoms with Crippen molar-refractivity contribution < 1.29 is 14.8 Å². The van der Waals surface area contributed by atoms with Gasteiger partial charge in [-0.2, -0.15) is 0 Å². The first-order valence-electron chi connectivity index (χ1n) is 6.93. The number of aliphatic hydroxyl groups excluding tert-OH is 1. The molecule has 1 heterocycles. The number of hydrogen-bond acceptors (Lipinski definition) is 4. The molecule has 1 N–H and O–H groups in total. The molecule has 0 aromatic heterocycles. The summed E-state index contributed by atoms with van der Waals surface area (Å²) in [6.45, 7) is 1.28. The number of amides is 1. The fraction of sp³-hybridized carbons (Fsp3) is 0.400. The fourth-order valence-corrected chi connectivity index (χ4v) is 2.48. The zero-order valence-electron chi connectivity index (χ0n) is 11.6. The molecule has 1 aliphatic rings. The highest BCUT2D eigenvalue weighted by molar-refractivity contribution is 5.92. The van der Waals surface area contributed by atoms with E-state index in [4.69, 9.17) is 5.11 Å². The molecule has 112 valence electrons. The molecule has 0 aliphatic carbocycles. The van der Waals surface area contributed by atoms with Crippen LogP contribution < -0.4 is 0 Å². The Balaban J connectivity index is 2.07. The number of hydrogen-bond donors (Lipinski definition) is 1. The third-order valence-corrected chi connectivity index (χ3v) is 3.63. The van der Waals surface area contributed by atoms with Gasteiger partial charge < -0.3 is 10.0 Å². The van der Waals surface area contributed by atoms with Gasteiger partial charge in [-0.3, -0.25) is 14.9 Å². The second-order valence-corrected chi connectivity index (χ2v) is 5.12. The Morgan fingerprint density at radius 3 is 2.95 bits per heavy atom. The highest BCUT2D eigenvalue weighted by Gasteiger charge is 2.21. The summed E-state index contributed by atoms with van der Waals surface area (Å²) in [4.78, 5) is 24.2. The van der Waals surface area contributed by atoms with Crippen LogP contribution in [0.5, 0.6) is 0 Å². The van der Waals surface area contributed by atoms with Crippen molar-refractivity contribution in [2.45, 2.75) is 12.8 Å². The number of benzene rings is 1. The molecule has 1 amide bonds. The van der Waals surface area contributed by atoms with E-state index >= 15 is 0 Å². The molecular weight excluding hydrogens is 272 g/mol. The maximum atomic E-state index is 12.1. The van der Waals surface area contributed by atoms with Gasteiger partial charge in [0.25, 0.3) is 5.69 Å². The first-order chi connectivity index (χ1) is 10.1. The Morgan fingerprint density at radius 1 is 1.48 bits per heavy atom. The van der Waals surface area contributed by atoms with Gasteiger partial charge in [-0.15, -0.1) is 0 Å². The van der Waals surface area contributed by atoms with Crippen LogP contribution in [-0.2, 0) is 4.79 Å². The summed E-state index contributed by atoms with van der Waals surface area (Å²) in [6, 6.07) is 6.30. The summed E-state index contributed by atoms with van der Waals surface area (Å²) in [5.74, 6) is -0.0477. The molecule has 2 rings (SSSR count). The molecule has 21 heavy (non-hydrogen) atoms. The summed E-state index contributed by atoms with van der Waals surface area (Å²) < 4.78 is 0. The van der Waals surface area contributed by atoms with E-state index in [9.17, 15) is 14.9 Å². The van der Waals surface area contributed by atoms with Crippen molar-refractivity contribution in [3.8, 4) is 0 Å². The summed E-state index contributed by atoms with van der Waals surface area (Å²) in [5, 5.41) is 20.1. The molecule has 1 unspecified atom stereocenters. The quantitative estimate of drug-likeness (QED) is 0.521. The van der Waals surface area contributed by atoms with Crippen molar-refractivity contribution in [2.24, 2.45) is 5.92 Å². The Kier molecular flexibility index (Phi) is 5.05. The Labute approximate surface area is 122 Å². The van der Waals surface area contributed by atoms with E-state index in [-0.39, 0.29) is 24.1 Å². The number of nitro benzene ring substituents is 1. The van der Waals surface area contributed by atoms with E-state index in [1.807, 2.05) is 0 Å². The monoisotopic (exact) mass is 290 g/mol. The molecule has 0 saturated carbocycles. The second kappa shape index (κ2) is 6.99. The maximum absolute atomic E-state index is 12.1. The molecule has 0 radical (unpaired) electrons. The molecule has 1 saturated heterocycles. The highest BCUT2D eigenvalue weighted by Crippen LogP contribution is 2.20. The van der Waals surface area contributed by atoms with Crippen LogP contribution in [0.25, 0.3) is 6.08 Å². The third kappa shape index (κ3) is 3.88. The van der Waals surface area contributed by atoms with E-state index in [1.165, 1.54) is 18.2 Å². The van der Waals surface area contributed by atoms with Crippen LogP contribution >= 0.6 is 0 Å². The van der Waals surface area contributed by atoms with E-state index in [2.05, 4.69) is 0 Å². The predicted molar refractivity (Wildman–Crippen MR) is 78.5 cm³/mol. The Morgan fingerprint density at radius 2 is 2.24 bits per heavy atom. The van der Waals surface area contributed by atoms with Gasteiger partial charge in [0, 0.05) is 31.8 Å². The van der Waals surface area contributed by atoms with Gasteiger partial charge in [0.15, 0.2) is 0 Å². The SMILES string of the molecule is O=C(/C=C/c1ccccc1[N+](=O)[O-])N1CCCC(CO)C1. The van der Waals surface area contributed by atoms with Gasteiger partial charge in [-0.1, -0.05) is 12.1 Å². The van der Waals surface area contributed by atoms with E-state index in [0.29, 0.717) is 18.7 Å². The number of para-hydroxylation sites is 1. The minimum Gasteiger partial charge on any atom is -0.396 e. The number of aliphatic hydroxyl groups is 1. The predicted octanol–water partition coefficient (Wildman–Crippen LogP) is 1.84. The van der Waals surface area contributed by atoms with E-state index in [0.717, 1.165) is 12.8 Å². The fourth-order valence-electron chi connectivity index (χ4n) is 2.48. The average molecular weight is 290 g/mol. The zero-order valence-corrected chi connectivity index (χ0v) is 11.6. The summed E-state index contributed by atoms with van der Waals surface area (Å²) in [6.07, 6.45) is 4.63. The molecule has 0 bridgehead atoms. The van der Waals surface area contributed by atoms with Crippen molar-refractivity contribution in [3.63, 3.8) is 0 Å². The number of likely N-dealkylation sites (tertiary alicyclic amines) is 1.